The predicted octanol–water partition coefficient (Wildman–Crippen LogP) is 2.64. The number of sulfonamides is 1. The number of amides is 1. The highest BCUT2D eigenvalue weighted by molar-refractivity contribution is 7.89. The van der Waals surface area contributed by atoms with Crippen molar-refractivity contribution in [2.75, 3.05) is 25.1 Å². The number of aryl methyl sites for hydroxylation is 2. The van der Waals surface area contributed by atoms with E-state index in [4.69, 9.17) is 4.74 Å². The van der Waals surface area contributed by atoms with Gasteiger partial charge >= 0.3 is 0 Å². The first-order chi connectivity index (χ1) is 12.3. The number of hydrogen-bond donors (Lipinski definition) is 1. The molecule has 0 unspecified atom stereocenters. The van der Waals surface area contributed by atoms with Crippen LogP contribution in [-0.2, 0) is 14.8 Å². The van der Waals surface area contributed by atoms with E-state index in [9.17, 15) is 13.2 Å². The van der Waals surface area contributed by atoms with Crippen molar-refractivity contribution in [1.82, 2.24) is 4.72 Å². The number of methoxy groups -OCH3 is 1. The van der Waals surface area contributed by atoms with Gasteiger partial charge in [0.05, 0.1) is 18.6 Å². The summed E-state index contributed by atoms with van der Waals surface area (Å²) >= 11 is 0. The van der Waals surface area contributed by atoms with Crippen LogP contribution in [0.4, 0.5) is 5.69 Å². The van der Waals surface area contributed by atoms with E-state index in [0.717, 1.165) is 11.3 Å². The van der Waals surface area contributed by atoms with Crippen LogP contribution in [0.2, 0.25) is 0 Å². The standard InChI is InChI=1S/C19H24N2O4S/c1-5-21(16-8-6-7-14(2)11-16)19(22)13-20-26(23,24)17-9-10-18(25-4)15(3)12-17/h6-12,20H,5,13H2,1-4H3. The Kier molecular flexibility index (Phi) is 6.39. The number of ether oxygens (including phenoxy) is 1. The summed E-state index contributed by atoms with van der Waals surface area (Å²) in [5, 5.41) is 0. The summed E-state index contributed by atoms with van der Waals surface area (Å²) in [6.45, 7) is 5.69. The molecule has 0 bridgehead atoms. The summed E-state index contributed by atoms with van der Waals surface area (Å²) in [4.78, 5) is 14.2. The molecule has 2 aromatic carbocycles. The molecule has 0 aliphatic rings. The van der Waals surface area contributed by atoms with Crippen molar-refractivity contribution in [1.29, 1.82) is 0 Å². The molecule has 140 valence electrons. The van der Waals surface area contributed by atoms with E-state index >= 15 is 0 Å². The molecule has 0 radical (unpaired) electrons. The van der Waals surface area contributed by atoms with Crippen molar-refractivity contribution in [3.8, 4) is 5.75 Å². The minimum Gasteiger partial charge on any atom is -0.496 e. The second-order valence-corrected chi connectivity index (χ2v) is 7.70. The SMILES string of the molecule is CCN(C(=O)CNS(=O)(=O)c1ccc(OC)c(C)c1)c1cccc(C)c1. The zero-order valence-electron chi connectivity index (χ0n) is 15.4. The van der Waals surface area contributed by atoms with Crippen LogP contribution >= 0.6 is 0 Å². The average molecular weight is 376 g/mol. The molecule has 0 fully saturated rings. The maximum absolute atomic E-state index is 12.5. The summed E-state index contributed by atoms with van der Waals surface area (Å²) in [5.74, 6) is 0.295. The van der Waals surface area contributed by atoms with Crippen molar-refractivity contribution < 1.29 is 17.9 Å². The summed E-state index contributed by atoms with van der Waals surface area (Å²) in [6, 6.07) is 12.1. The first-order valence-corrected chi connectivity index (χ1v) is 9.78. The molecule has 0 aliphatic carbocycles. The maximum Gasteiger partial charge on any atom is 0.242 e. The Morgan fingerprint density at radius 3 is 2.46 bits per heavy atom. The predicted molar refractivity (Wildman–Crippen MR) is 102 cm³/mol. The molecule has 1 amide bonds. The van der Waals surface area contributed by atoms with E-state index in [1.807, 2.05) is 38.1 Å². The Morgan fingerprint density at radius 2 is 1.88 bits per heavy atom. The summed E-state index contributed by atoms with van der Waals surface area (Å²) < 4.78 is 32.5. The highest BCUT2D eigenvalue weighted by Gasteiger charge is 2.20. The lowest BCUT2D eigenvalue weighted by atomic mass is 10.2. The first kappa shape index (κ1) is 19.9. The smallest absolute Gasteiger partial charge is 0.242 e. The molecule has 2 rings (SSSR count). The van der Waals surface area contributed by atoms with E-state index in [0.29, 0.717) is 17.9 Å². The normalized spacial score (nSPS) is 11.2. The van der Waals surface area contributed by atoms with Gasteiger partial charge in [-0.2, -0.15) is 0 Å². The Balaban J connectivity index is 2.13. The molecule has 0 saturated carbocycles. The van der Waals surface area contributed by atoms with Crippen LogP contribution in [0.5, 0.6) is 5.75 Å². The molecular weight excluding hydrogens is 352 g/mol. The Hall–Kier alpha value is -2.38. The van der Waals surface area contributed by atoms with Gasteiger partial charge in [0.15, 0.2) is 0 Å². The molecule has 0 spiro atoms. The summed E-state index contributed by atoms with van der Waals surface area (Å²) in [6.07, 6.45) is 0. The molecule has 26 heavy (non-hydrogen) atoms. The van der Waals surface area contributed by atoms with Gasteiger partial charge in [0.2, 0.25) is 15.9 Å². The van der Waals surface area contributed by atoms with Crippen LogP contribution in [0.1, 0.15) is 18.1 Å². The fourth-order valence-corrected chi connectivity index (χ4v) is 3.71. The number of hydrogen-bond acceptors (Lipinski definition) is 4. The lowest BCUT2D eigenvalue weighted by Crippen LogP contribution is -2.40. The molecule has 0 saturated heterocycles. The maximum atomic E-state index is 12.5. The number of likely N-dealkylation sites (N-methyl/N-ethyl adjacent to an activating group) is 1. The first-order valence-electron chi connectivity index (χ1n) is 8.30. The topological polar surface area (TPSA) is 75.7 Å². The van der Waals surface area contributed by atoms with E-state index in [2.05, 4.69) is 4.72 Å². The number of benzene rings is 2. The van der Waals surface area contributed by atoms with E-state index in [1.165, 1.54) is 19.2 Å². The van der Waals surface area contributed by atoms with E-state index in [1.54, 1.807) is 17.9 Å². The number of nitrogens with one attached hydrogen (secondary N) is 1. The largest absolute Gasteiger partial charge is 0.496 e. The van der Waals surface area contributed by atoms with Gasteiger partial charge in [-0.1, -0.05) is 12.1 Å². The van der Waals surface area contributed by atoms with Gasteiger partial charge in [0.25, 0.3) is 0 Å². The van der Waals surface area contributed by atoms with Crippen molar-refractivity contribution in [2.45, 2.75) is 25.7 Å². The molecule has 0 aromatic heterocycles. The number of nitrogens with zero attached hydrogens (tertiary/aromatic N) is 1. The van der Waals surface area contributed by atoms with Gasteiger partial charge in [-0.15, -0.1) is 0 Å². The number of carbonyl (C=O) groups is 1. The quantitative estimate of drug-likeness (QED) is 0.806. The highest BCUT2D eigenvalue weighted by atomic mass is 32.2. The van der Waals surface area contributed by atoms with Crippen molar-refractivity contribution in [3.05, 3.63) is 53.6 Å². The zero-order chi connectivity index (χ0) is 19.3. The molecular formula is C19H24N2O4S. The van der Waals surface area contributed by atoms with Gasteiger partial charge in [0, 0.05) is 12.2 Å². The van der Waals surface area contributed by atoms with Crippen molar-refractivity contribution in [3.63, 3.8) is 0 Å². The molecule has 7 heteroatoms. The second-order valence-electron chi connectivity index (χ2n) is 5.93. The van der Waals surface area contributed by atoms with Crippen molar-refractivity contribution >= 4 is 21.6 Å². The third-order valence-corrected chi connectivity index (χ3v) is 5.42. The minimum absolute atomic E-state index is 0.0993. The van der Waals surface area contributed by atoms with Crippen LogP contribution < -0.4 is 14.4 Å². The van der Waals surface area contributed by atoms with Gasteiger partial charge in [0.1, 0.15) is 5.75 Å². The van der Waals surface area contributed by atoms with E-state index in [-0.39, 0.29) is 17.3 Å². The molecule has 0 aliphatic heterocycles. The zero-order valence-corrected chi connectivity index (χ0v) is 16.3. The molecule has 6 nitrogen and oxygen atoms in total. The van der Waals surface area contributed by atoms with Crippen LogP contribution in [0.3, 0.4) is 0 Å². The van der Waals surface area contributed by atoms with Crippen LogP contribution in [0.15, 0.2) is 47.4 Å². The minimum atomic E-state index is -3.79. The Bertz CT molecular complexity index is 894. The van der Waals surface area contributed by atoms with Gasteiger partial charge < -0.3 is 9.64 Å². The second kappa shape index (κ2) is 8.33. The monoisotopic (exact) mass is 376 g/mol. The molecule has 1 N–H and O–H groups in total. The number of anilines is 1. The Labute approximate surface area is 154 Å². The third-order valence-electron chi connectivity index (χ3n) is 4.02. The lowest BCUT2D eigenvalue weighted by molar-refractivity contribution is -0.117. The van der Waals surface area contributed by atoms with Crippen LogP contribution in [0, 0.1) is 13.8 Å². The third kappa shape index (κ3) is 4.62. The highest BCUT2D eigenvalue weighted by Crippen LogP contribution is 2.21. The van der Waals surface area contributed by atoms with Gasteiger partial charge in [-0.25, -0.2) is 13.1 Å². The summed E-state index contributed by atoms with van der Waals surface area (Å²) in [7, 11) is -2.26. The number of rotatable bonds is 7. The van der Waals surface area contributed by atoms with Crippen LogP contribution in [0.25, 0.3) is 0 Å². The molecule has 0 atom stereocenters. The Morgan fingerprint density at radius 1 is 1.15 bits per heavy atom. The lowest BCUT2D eigenvalue weighted by Gasteiger charge is -2.21. The van der Waals surface area contributed by atoms with E-state index < -0.39 is 10.0 Å². The number of carbonyl (C=O) groups excluding carboxylic acids is 1. The fraction of sp³-hybridized carbons (Fsp3) is 0.316. The summed E-state index contributed by atoms with van der Waals surface area (Å²) in [5.41, 5.74) is 2.48. The van der Waals surface area contributed by atoms with Gasteiger partial charge in [-0.05, 0) is 62.2 Å². The average Bonchev–Trinajstić information content (AvgIpc) is 2.60. The molecule has 0 heterocycles. The van der Waals surface area contributed by atoms with Crippen molar-refractivity contribution in [2.24, 2.45) is 0 Å². The van der Waals surface area contributed by atoms with Gasteiger partial charge in [-0.3, -0.25) is 4.79 Å². The van der Waals surface area contributed by atoms with Crippen LogP contribution in [-0.4, -0.2) is 34.5 Å². The fourth-order valence-electron chi connectivity index (χ4n) is 2.65. The molecule has 2 aromatic rings.